The van der Waals surface area contributed by atoms with Crippen molar-refractivity contribution in [3.8, 4) is 0 Å². The molecule has 0 heterocycles. The molecule has 0 bridgehead atoms. The second-order valence-electron chi connectivity index (χ2n) is 5.02. The van der Waals surface area contributed by atoms with Crippen LogP contribution in [0.1, 0.15) is 44.2 Å². The van der Waals surface area contributed by atoms with Crippen LogP contribution in [0, 0.1) is 11.7 Å². The van der Waals surface area contributed by atoms with Crippen LogP contribution in [0.15, 0.2) is 18.2 Å². The van der Waals surface area contributed by atoms with Gasteiger partial charge in [-0.1, -0.05) is 32.4 Å². The van der Waals surface area contributed by atoms with E-state index in [2.05, 4.69) is 13.8 Å². The number of rotatable bonds is 3. The standard InChI is InChI=1S/C14H19FO/c1-3-10(2)9-14(16)8-7-11-12(14)5-4-6-13(11)15/h4-6,10,16H,3,7-9H2,1-2H3. The fraction of sp³-hybridized carbons (Fsp3) is 0.571. The fourth-order valence-corrected chi connectivity index (χ4v) is 2.65. The molecule has 0 fully saturated rings. The van der Waals surface area contributed by atoms with Crippen molar-refractivity contribution >= 4 is 0 Å². The zero-order valence-electron chi connectivity index (χ0n) is 9.96. The zero-order valence-corrected chi connectivity index (χ0v) is 9.96. The van der Waals surface area contributed by atoms with Crippen molar-refractivity contribution < 1.29 is 9.50 Å². The van der Waals surface area contributed by atoms with Gasteiger partial charge in [0, 0.05) is 0 Å². The first-order valence-electron chi connectivity index (χ1n) is 6.07. The number of hydrogen-bond donors (Lipinski definition) is 1. The first-order chi connectivity index (χ1) is 7.57. The average Bonchev–Trinajstić information content (AvgIpc) is 2.58. The van der Waals surface area contributed by atoms with E-state index in [0.717, 1.165) is 18.4 Å². The van der Waals surface area contributed by atoms with Crippen LogP contribution in [-0.2, 0) is 12.0 Å². The molecule has 0 saturated carbocycles. The van der Waals surface area contributed by atoms with E-state index < -0.39 is 5.60 Å². The minimum Gasteiger partial charge on any atom is -0.385 e. The highest BCUT2D eigenvalue weighted by molar-refractivity contribution is 5.38. The van der Waals surface area contributed by atoms with Crippen LogP contribution >= 0.6 is 0 Å². The minimum absolute atomic E-state index is 0.169. The van der Waals surface area contributed by atoms with E-state index in [-0.39, 0.29) is 5.82 Å². The molecular formula is C14H19FO. The first kappa shape index (κ1) is 11.6. The molecule has 1 aliphatic rings. The Morgan fingerprint density at radius 3 is 2.94 bits per heavy atom. The number of halogens is 1. The van der Waals surface area contributed by atoms with Crippen LogP contribution in [0.5, 0.6) is 0 Å². The second-order valence-corrected chi connectivity index (χ2v) is 5.02. The van der Waals surface area contributed by atoms with Gasteiger partial charge in [-0.2, -0.15) is 0 Å². The molecule has 2 unspecified atom stereocenters. The van der Waals surface area contributed by atoms with Gasteiger partial charge in [-0.25, -0.2) is 4.39 Å². The molecule has 2 atom stereocenters. The van der Waals surface area contributed by atoms with Crippen molar-refractivity contribution in [2.24, 2.45) is 5.92 Å². The number of fused-ring (bicyclic) bond motifs is 1. The Balaban J connectivity index is 2.31. The Morgan fingerprint density at radius 1 is 1.50 bits per heavy atom. The monoisotopic (exact) mass is 222 g/mol. The van der Waals surface area contributed by atoms with Gasteiger partial charge < -0.3 is 5.11 Å². The van der Waals surface area contributed by atoms with Crippen LogP contribution in [0.25, 0.3) is 0 Å². The third kappa shape index (κ3) is 1.86. The topological polar surface area (TPSA) is 20.2 Å². The third-order valence-corrected chi connectivity index (χ3v) is 3.79. The lowest BCUT2D eigenvalue weighted by molar-refractivity contribution is 0.0145. The highest BCUT2D eigenvalue weighted by Gasteiger charge is 2.38. The Hall–Kier alpha value is -0.890. The molecular weight excluding hydrogens is 203 g/mol. The Labute approximate surface area is 96.3 Å². The van der Waals surface area contributed by atoms with Gasteiger partial charge in [-0.15, -0.1) is 0 Å². The predicted molar refractivity (Wildman–Crippen MR) is 62.7 cm³/mol. The molecule has 2 heteroatoms. The average molecular weight is 222 g/mol. The summed E-state index contributed by atoms with van der Waals surface area (Å²) in [5.74, 6) is 0.303. The van der Waals surface area contributed by atoms with Gasteiger partial charge in [0.25, 0.3) is 0 Å². The molecule has 1 aromatic carbocycles. The van der Waals surface area contributed by atoms with Crippen molar-refractivity contribution in [3.63, 3.8) is 0 Å². The first-order valence-corrected chi connectivity index (χ1v) is 6.07. The number of benzene rings is 1. The van der Waals surface area contributed by atoms with Crippen molar-refractivity contribution in [1.82, 2.24) is 0 Å². The fourth-order valence-electron chi connectivity index (χ4n) is 2.65. The van der Waals surface area contributed by atoms with Crippen LogP contribution in [0.2, 0.25) is 0 Å². The van der Waals surface area contributed by atoms with Gasteiger partial charge in [-0.3, -0.25) is 0 Å². The second kappa shape index (κ2) is 4.17. The van der Waals surface area contributed by atoms with Crippen LogP contribution in [-0.4, -0.2) is 5.11 Å². The molecule has 0 aromatic heterocycles. The Bertz CT molecular complexity index is 388. The predicted octanol–water partition coefficient (Wildman–Crippen LogP) is 3.40. The minimum atomic E-state index is -0.799. The summed E-state index contributed by atoms with van der Waals surface area (Å²) in [6, 6.07) is 5.04. The molecule has 0 spiro atoms. The molecule has 0 radical (unpaired) electrons. The summed E-state index contributed by atoms with van der Waals surface area (Å²) in [7, 11) is 0. The molecule has 1 nitrogen and oxygen atoms in total. The van der Waals surface area contributed by atoms with E-state index in [1.54, 1.807) is 6.07 Å². The van der Waals surface area contributed by atoms with Gasteiger partial charge in [0.1, 0.15) is 5.82 Å². The van der Waals surface area contributed by atoms with E-state index in [4.69, 9.17) is 0 Å². The Kier molecular flexibility index (Phi) is 3.02. The number of aliphatic hydroxyl groups is 1. The lowest BCUT2D eigenvalue weighted by atomic mass is 9.85. The molecule has 0 aliphatic heterocycles. The van der Waals surface area contributed by atoms with E-state index in [9.17, 15) is 9.50 Å². The smallest absolute Gasteiger partial charge is 0.126 e. The summed E-state index contributed by atoms with van der Waals surface area (Å²) in [6.07, 6.45) is 3.11. The Morgan fingerprint density at radius 2 is 2.25 bits per heavy atom. The van der Waals surface area contributed by atoms with Gasteiger partial charge in [0.15, 0.2) is 0 Å². The summed E-state index contributed by atoms with van der Waals surface area (Å²) in [6.45, 7) is 4.25. The molecule has 1 aliphatic carbocycles. The summed E-state index contributed by atoms with van der Waals surface area (Å²) >= 11 is 0. The maximum absolute atomic E-state index is 13.5. The maximum Gasteiger partial charge on any atom is 0.126 e. The van der Waals surface area contributed by atoms with Crippen molar-refractivity contribution in [1.29, 1.82) is 0 Å². The molecule has 1 aromatic rings. The molecule has 16 heavy (non-hydrogen) atoms. The zero-order chi connectivity index (χ0) is 11.8. The van der Waals surface area contributed by atoms with Crippen LogP contribution in [0.3, 0.4) is 0 Å². The van der Waals surface area contributed by atoms with Crippen LogP contribution in [0.4, 0.5) is 4.39 Å². The summed E-state index contributed by atoms with van der Waals surface area (Å²) < 4.78 is 13.5. The lowest BCUT2D eigenvalue weighted by Gasteiger charge is -2.27. The molecule has 0 saturated heterocycles. The van der Waals surface area contributed by atoms with Crippen molar-refractivity contribution in [3.05, 3.63) is 35.1 Å². The molecule has 88 valence electrons. The van der Waals surface area contributed by atoms with E-state index in [0.29, 0.717) is 24.3 Å². The molecule has 1 N–H and O–H groups in total. The van der Waals surface area contributed by atoms with E-state index in [1.165, 1.54) is 6.07 Å². The van der Waals surface area contributed by atoms with Crippen molar-refractivity contribution in [2.45, 2.75) is 45.1 Å². The number of hydrogen-bond acceptors (Lipinski definition) is 1. The quantitative estimate of drug-likeness (QED) is 0.831. The van der Waals surface area contributed by atoms with Crippen LogP contribution < -0.4 is 0 Å². The molecule has 2 rings (SSSR count). The van der Waals surface area contributed by atoms with Gasteiger partial charge in [0.05, 0.1) is 5.60 Å². The van der Waals surface area contributed by atoms with Gasteiger partial charge in [-0.05, 0) is 42.4 Å². The largest absolute Gasteiger partial charge is 0.385 e. The normalized spacial score (nSPS) is 25.5. The summed E-state index contributed by atoms with van der Waals surface area (Å²) in [5, 5.41) is 10.6. The highest BCUT2D eigenvalue weighted by Crippen LogP contribution is 2.42. The van der Waals surface area contributed by atoms with E-state index >= 15 is 0 Å². The lowest BCUT2D eigenvalue weighted by Crippen LogP contribution is -2.25. The summed E-state index contributed by atoms with van der Waals surface area (Å²) in [4.78, 5) is 0. The SMILES string of the molecule is CCC(C)CC1(O)CCc2c(F)cccc21. The van der Waals surface area contributed by atoms with E-state index in [1.807, 2.05) is 6.07 Å². The van der Waals surface area contributed by atoms with Gasteiger partial charge >= 0.3 is 0 Å². The summed E-state index contributed by atoms with van der Waals surface area (Å²) in [5.41, 5.74) is 0.730. The van der Waals surface area contributed by atoms with Gasteiger partial charge in [0.2, 0.25) is 0 Å². The third-order valence-electron chi connectivity index (χ3n) is 3.79. The van der Waals surface area contributed by atoms with Crippen molar-refractivity contribution in [2.75, 3.05) is 0 Å². The molecule has 0 amide bonds. The highest BCUT2D eigenvalue weighted by atomic mass is 19.1. The maximum atomic E-state index is 13.5.